The van der Waals surface area contributed by atoms with Crippen LogP contribution >= 0.6 is 0 Å². The van der Waals surface area contributed by atoms with Gasteiger partial charge in [0.2, 0.25) is 0 Å². The van der Waals surface area contributed by atoms with E-state index in [2.05, 4.69) is 10.3 Å². The van der Waals surface area contributed by atoms with E-state index in [0.29, 0.717) is 17.0 Å². The quantitative estimate of drug-likeness (QED) is 0.882. The van der Waals surface area contributed by atoms with Crippen LogP contribution in [0.5, 0.6) is 0 Å². The van der Waals surface area contributed by atoms with Gasteiger partial charge in [-0.05, 0) is 39.8 Å². The number of ether oxygens (including phenoxy) is 2. The maximum Gasteiger partial charge on any atom is 0.412 e. The molecule has 0 saturated carbocycles. The number of imidazole rings is 1. The second kappa shape index (κ2) is 6.05. The summed E-state index contributed by atoms with van der Waals surface area (Å²) in [7, 11) is 0. The lowest BCUT2D eigenvalue weighted by molar-refractivity contribution is 0.0517. The molecule has 0 aliphatic rings. The smallest absolute Gasteiger partial charge is 0.412 e. The highest BCUT2D eigenvalue weighted by Crippen LogP contribution is 2.15. The van der Waals surface area contributed by atoms with Crippen LogP contribution in [0.2, 0.25) is 0 Å². The van der Waals surface area contributed by atoms with Crippen molar-refractivity contribution in [1.82, 2.24) is 9.38 Å². The Morgan fingerprint density at radius 1 is 1.32 bits per heavy atom. The molecule has 0 aromatic carbocycles. The van der Waals surface area contributed by atoms with Crippen LogP contribution in [0.3, 0.4) is 0 Å². The van der Waals surface area contributed by atoms with Crippen molar-refractivity contribution in [1.29, 1.82) is 0 Å². The zero-order chi connectivity index (χ0) is 16.3. The SMILES string of the molecule is CCOC(=O)c1cnc2ccc(NC(=O)OC(C)(C)C)cn12. The maximum atomic E-state index is 11.8. The predicted octanol–water partition coefficient (Wildman–Crippen LogP) is 2.86. The largest absolute Gasteiger partial charge is 0.461 e. The highest BCUT2D eigenvalue weighted by Gasteiger charge is 2.17. The Hall–Kier alpha value is -2.57. The lowest BCUT2D eigenvalue weighted by atomic mass is 10.2. The van der Waals surface area contributed by atoms with Gasteiger partial charge in [-0.1, -0.05) is 0 Å². The predicted molar refractivity (Wildman–Crippen MR) is 81.0 cm³/mol. The standard InChI is InChI=1S/C15H19N3O4/c1-5-21-13(19)11-8-16-12-7-6-10(9-18(11)12)17-14(20)22-15(2,3)4/h6-9H,5H2,1-4H3,(H,17,20). The summed E-state index contributed by atoms with van der Waals surface area (Å²) in [6.07, 6.45) is 2.47. The molecule has 0 aliphatic heterocycles. The van der Waals surface area contributed by atoms with Crippen molar-refractivity contribution < 1.29 is 19.1 Å². The minimum absolute atomic E-state index is 0.280. The number of nitrogens with one attached hydrogen (secondary N) is 1. The molecule has 2 aromatic rings. The number of anilines is 1. The van der Waals surface area contributed by atoms with Crippen molar-refractivity contribution in [2.45, 2.75) is 33.3 Å². The normalized spacial score (nSPS) is 11.3. The molecule has 22 heavy (non-hydrogen) atoms. The van der Waals surface area contributed by atoms with E-state index < -0.39 is 17.7 Å². The lowest BCUT2D eigenvalue weighted by Crippen LogP contribution is -2.27. The molecule has 0 atom stereocenters. The van der Waals surface area contributed by atoms with Crippen LogP contribution in [-0.4, -0.2) is 33.7 Å². The summed E-state index contributed by atoms with van der Waals surface area (Å²) >= 11 is 0. The Kier molecular flexibility index (Phi) is 4.35. The van der Waals surface area contributed by atoms with Gasteiger partial charge in [-0.25, -0.2) is 14.6 Å². The molecule has 1 N–H and O–H groups in total. The van der Waals surface area contributed by atoms with Crippen LogP contribution < -0.4 is 5.32 Å². The first-order valence-electron chi connectivity index (χ1n) is 6.94. The van der Waals surface area contributed by atoms with Crippen LogP contribution in [0.15, 0.2) is 24.5 Å². The summed E-state index contributed by atoms with van der Waals surface area (Å²) in [6, 6.07) is 3.37. The summed E-state index contributed by atoms with van der Waals surface area (Å²) in [4.78, 5) is 27.7. The zero-order valence-electron chi connectivity index (χ0n) is 13.0. The van der Waals surface area contributed by atoms with Gasteiger partial charge in [0, 0.05) is 6.20 Å². The third-order valence-corrected chi connectivity index (χ3v) is 2.64. The molecule has 1 amide bonds. The van der Waals surface area contributed by atoms with E-state index in [1.807, 2.05) is 0 Å². The summed E-state index contributed by atoms with van der Waals surface area (Å²) in [5.41, 5.74) is 0.784. The molecular formula is C15H19N3O4. The molecule has 7 heteroatoms. The highest BCUT2D eigenvalue weighted by atomic mass is 16.6. The number of hydrogen-bond acceptors (Lipinski definition) is 5. The molecule has 0 fully saturated rings. The molecule has 0 radical (unpaired) electrons. The number of amides is 1. The summed E-state index contributed by atoms with van der Waals surface area (Å²) in [6.45, 7) is 7.36. The fraction of sp³-hybridized carbons (Fsp3) is 0.400. The molecule has 2 heterocycles. The Bertz CT molecular complexity index is 700. The Morgan fingerprint density at radius 3 is 2.68 bits per heavy atom. The van der Waals surface area contributed by atoms with Gasteiger partial charge in [0.05, 0.1) is 18.5 Å². The van der Waals surface area contributed by atoms with Crippen molar-refractivity contribution >= 4 is 23.4 Å². The van der Waals surface area contributed by atoms with Gasteiger partial charge in [-0.15, -0.1) is 0 Å². The zero-order valence-corrected chi connectivity index (χ0v) is 13.0. The van der Waals surface area contributed by atoms with E-state index in [0.717, 1.165) is 0 Å². The van der Waals surface area contributed by atoms with Gasteiger partial charge in [-0.3, -0.25) is 9.72 Å². The van der Waals surface area contributed by atoms with Gasteiger partial charge in [-0.2, -0.15) is 0 Å². The van der Waals surface area contributed by atoms with E-state index in [-0.39, 0.29) is 6.61 Å². The first-order valence-corrected chi connectivity index (χ1v) is 6.94. The van der Waals surface area contributed by atoms with E-state index in [1.165, 1.54) is 6.20 Å². The molecule has 0 spiro atoms. The first kappa shape index (κ1) is 15.8. The molecule has 7 nitrogen and oxygen atoms in total. The summed E-state index contributed by atoms with van der Waals surface area (Å²) < 4.78 is 11.7. The lowest BCUT2D eigenvalue weighted by Gasteiger charge is -2.19. The second-order valence-corrected chi connectivity index (χ2v) is 5.64. The number of fused-ring (bicyclic) bond motifs is 1. The number of carbonyl (C=O) groups excluding carboxylic acids is 2. The molecule has 2 aromatic heterocycles. The van der Waals surface area contributed by atoms with Gasteiger partial charge in [0.25, 0.3) is 0 Å². The van der Waals surface area contributed by atoms with Crippen LogP contribution in [0, 0.1) is 0 Å². The molecule has 0 saturated heterocycles. The van der Waals surface area contributed by atoms with Gasteiger partial charge in [0.1, 0.15) is 11.2 Å². The van der Waals surface area contributed by atoms with Crippen molar-refractivity contribution in [3.63, 3.8) is 0 Å². The Morgan fingerprint density at radius 2 is 2.05 bits per heavy atom. The number of rotatable bonds is 3. The topological polar surface area (TPSA) is 81.9 Å². The average Bonchev–Trinajstić information content (AvgIpc) is 2.79. The average molecular weight is 305 g/mol. The summed E-state index contributed by atoms with van der Waals surface area (Å²) in [5, 5.41) is 2.62. The van der Waals surface area contributed by atoms with Crippen LogP contribution in [0.25, 0.3) is 5.65 Å². The van der Waals surface area contributed by atoms with Crippen LogP contribution in [-0.2, 0) is 9.47 Å². The van der Waals surface area contributed by atoms with Crippen molar-refractivity contribution in [2.75, 3.05) is 11.9 Å². The Balaban J connectivity index is 2.24. The number of esters is 1. The third kappa shape index (κ3) is 3.75. The third-order valence-electron chi connectivity index (χ3n) is 2.64. The van der Waals surface area contributed by atoms with Gasteiger partial charge < -0.3 is 9.47 Å². The van der Waals surface area contributed by atoms with Gasteiger partial charge in [0.15, 0.2) is 5.69 Å². The van der Waals surface area contributed by atoms with E-state index in [1.54, 1.807) is 50.4 Å². The second-order valence-electron chi connectivity index (χ2n) is 5.64. The van der Waals surface area contributed by atoms with E-state index in [4.69, 9.17) is 9.47 Å². The molecule has 0 bridgehead atoms. The van der Waals surface area contributed by atoms with Crippen molar-refractivity contribution in [3.8, 4) is 0 Å². The van der Waals surface area contributed by atoms with Crippen LogP contribution in [0.1, 0.15) is 38.2 Å². The number of aromatic nitrogens is 2. The number of carbonyl (C=O) groups is 2. The minimum Gasteiger partial charge on any atom is -0.461 e. The molecule has 0 unspecified atom stereocenters. The molecule has 0 aliphatic carbocycles. The van der Waals surface area contributed by atoms with Crippen molar-refractivity contribution in [2.24, 2.45) is 0 Å². The van der Waals surface area contributed by atoms with E-state index in [9.17, 15) is 9.59 Å². The Labute approximate surface area is 128 Å². The van der Waals surface area contributed by atoms with E-state index >= 15 is 0 Å². The minimum atomic E-state index is -0.584. The first-order chi connectivity index (χ1) is 10.3. The molecule has 2 rings (SSSR count). The fourth-order valence-corrected chi connectivity index (χ4v) is 1.83. The monoisotopic (exact) mass is 305 g/mol. The maximum absolute atomic E-state index is 11.8. The number of pyridine rings is 1. The van der Waals surface area contributed by atoms with Crippen molar-refractivity contribution in [3.05, 3.63) is 30.2 Å². The number of hydrogen-bond donors (Lipinski definition) is 1. The number of nitrogens with zero attached hydrogens (tertiary/aromatic N) is 2. The summed E-state index contributed by atoms with van der Waals surface area (Å²) in [5.74, 6) is -0.468. The van der Waals surface area contributed by atoms with Crippen LogP contribution in [0.4, 0.5) is 10.5 Å². The fourth-order valence-electron chi connectivity index (χ4n) is 1.83. The highest BCUT2D eigenvalue weighted by molar-refractivity contribution is 5.89. The molecular weight excluding hydrogens is 286 g/mol. The van der Waals surface area contributed by atoms with Gasteiger partial charge >= 0.3 is 12.1 Å². The molecule has 118 valence electrons.